The Balaban J connectivity index is 1.53. The number of rotatable bonds is 6. The fraction of sp³-hybridized carbons (Fsp3) is 0.238. The summed E-state index contributed by atoms with van der Waals surface area (Å²) < 4.78 is 18.4. The van der Waals surface area contributed by atoms with E-state index in [4.69, 9.17) is 4.74 Å². The molecule has 1 amide bonds. The van der Waals surface area contributed by atoms with E-state index in [2.05, 4.69) is 10.3 Å². The van der Waals surface area contributed by atoms with Gasteiger partial charge < -0.3 is 9.64 Å². The molecule has 0 aliphatic carbocycles. The number of nitrogens with zero attached hydrogens (tertiary/aromatic N) is 3. The molecule has 1 saturated heterocycles. The maximum Gasteiger partial charge on any atom is 0.270 e. The fourth-order valence-corrected chi connectivity index (χ4v) is 4.16. The number of nitro benzene ring substituents is 1. The van der Waals surface area contributed by atoms with E-state index in [0.717, 1.165) is 10.4 Å². The molecule has 1 aliphatic heterocycles. The summed E-state index contributed by atoms with van der Waals surface area (Å²) in [5.41, 5.74) is 1.61. The minimum atomic E-state index is -0.524. The molecule has 4 rings (SSSR count). The molecule has 0 spiro atoms. The number of thiazole rings is 1. The first kappa shape index (κ1) is 20.9. The van der Waals surface area contributed by atoms with Crippen LogP contribution in [0, 0.1) is 15.9 Å². The highest BCUT2D eigenvalue weighted by Gasteiger charge is 2.22. The molecule has 1 aliphatic rings. The number of hydrogen-bond acceptors (Lipinski definition) is 7. The number of ether oxygens (including phenoxy) is 1. The molecule has 0 unspecified atom stereocenters. The molecule has 2 heterocycles. The summed E-state index contributed by atoms with van der Waals surface area (Å²) in [6, 6.07) is 10.5. The van der Waals surface area contributed by atoms with E-state index in [1.54, 1.807) is 24.4 Å². The van der Waals surface area contributed by atoms with Crippen LogP contribution in [-0.2, 0) is 11.2 Å². The molecule has 10 heteroatoms. The lowest BCUT2D eigenvalue weighted by atomic mass is 10.1. The molecule has 8 nitrogen and oxygen atoms in total. The quantitative estimate of drug-likeness (QED) is 0.460. The molecule has 1 N–H and O–H groups in total. The minimum Gasteiger partial charge on any atom is -0.378 e. The topological polar surface area (TPSA) is 97.6 Å². The number of aromatic nitrogens is 1. The van der Waals surface area contributed by atoms with Crippen LogP contribution in [-0.4, -0.2) is 42.1 Å². The maximum absolute atomic E-state index is 13.1. The molecule has 0 bridgehead atoms. The Hall–Kier alpha value is -3.37. The first-order valence-electron chi connectivity index (χ1n) is 9.61. The maximum atomic E-state index is 13.1. The summed E-state index contributed by atoms with van der Waals surface area (Å²) in [6.45, 7) is 2.24. The van der Waals surface area contributed by atoms with Crippen molar-refractivity contribution in [3.05, 3.63) is 80.6 Å². The number of halogens is 1. The number of hydrogen-bond donors (Lipinski definition) is 1. The number of morpholine rings is 1. The predicted molar refractivity (Wildman–Crippen MR) is 115 cm³/mol. The van der Waals surface area contributed by atoms with Gasteiger partial charge >= 0.3 is 0 Å². The second-order valence-electron chi connectivity index (χ2n) is 6.95. The molecule has 160 valence electrons. The zero-order chi connectivity index (χ0) is 21.8. The van der Waals surface area contributed by atoms with Crippen molar-refractivity contribution < 1.29 is 18.8 Å². The van der Waals surface area contributed by atoms with Crippen LogP contribution in [0.3, 0.4) is 0 Å². The van der Waals surface area contributed by atoms with E-state index in [9.17, 15) is 19.3 Å². The fourth-order valence-electron chi connectivity index (χ4n) is 3.31. The van der Waals surface area contributed by atoms with Crippen LogP contribution in [0.2, 0.25) is 0 Å². The van der Waals surface area contributed by atoms with E-state index in [-0.39, 0.29) is 17.1 Å². The normalized spacial score (nSPS) is 13.8. The Morgan fingerprint density at radius 1 is 1.23 bits per heavy atom. The molecule has 1 aromatic heterocycles. The predicted octanol–water partition coefficient (Wildman–Crippen LogP) is 3.87. The number of anilines is 2. The van der Waals surface area contributed by atoms with Crippen molar-refractivity contribution in [1.29, 1.82) is 0 Å². The van der Waals surface area contributed by atoms with Crippen LogP contribution in [0.15, 0.2) is 48.7 Å². The van der Waals surface area contributed by atoms with Gasteiger partial charge in [-0.2, -0.15) is 0 Å². The van der Waals surface area contributed by atoms with Crippen LogP contribution in [0.1, 0.15) is 20.8 Å². The van der Waals surface area contributed by atoms with Gasteiger partial charge in [-0.15, -0.1) is 11.3 Å². The number of carbonyl (C=O) groups is 1. The van der Waals surface area contributed by atoms with Crippen LogP contribution in [0.4, 0.5) is 20.9 Å². The molecular formula is C21H19FN4O4S. The van der Waals surface area contributed by atoms with Gasteiger partial charge in [0.2, 0.25) is 0 Å². The summed E-state index contributed by atoms with van der Waals surface area (Å²) in [5, 5.41) is 14.4. The number of amides is 1. The summed E-state index contributed by atoms with van der Waals surface area (Å²) in [4.78, 5) is 30.8. The van der Waals surface area contributed by atoms with Crippen LogP contribution >= 0.6 is 11.3 Å². The highest BCUT2D eigenvalue weighted by atomic mass is 32.1. The van der Waals surface area contributed by atoms with Gasteiger partial charge in [-0.05, 0) is 23.8 Å². The molecule has 0 atom stereocenters. The van der Waals surface area contributed by atoms with Crippen molar-refractivity contribution in [3.8, 4) is 0 Å². The molecule has 2 aromatic carbocycles. The first-order valence-corrected chi connectivity index (χ1v) is 10.4. The van der Waals surface area contributed by atoms with Crippen molar-refractivity contribution in [3.63, 3.8) is 0 Å². The second kappa shape index (κ2) is 9.19. The van der Waals surface area contributed by atoms with Gasteiger partial charge in [0.25, 0.3) is 11.6 Å². The average Bonchev–Trinajstić information content (AvgIpc) is 3.22. The molecular weight excluding hydrogens is 423 g/mol. The van der Waals surface area contributed by atoms with E-state index in [1.807, 2.05) is 4.90 Å². The van der Waals surface area contributed by atoms with E-state index in [0.29, 0.717) is 43.5 Å². The molecule has 31 heavy (non-hydrogen) atoms. The number of benzene rings is 2. The van der Waals surface area contributed by atoms with Gasteiger partial charge in [0.15, 0.2) is 5.13 Å². The number of carbonyl (C=O) groups excluding carboxylic acids is 1. The summed E-state index contributed by atoms with van der Waals surface area (Å²) in [6.07, 6.45) is 2.21. The van der Waals surface area contributed by atoms with E-state index >= 15 is 0 Å². The van der Waals surface area contributed by atoms with Crippen molar-refractivity contribution in [1.82, 2.24) is 4.98 Å². The Bertz CT molecular complexity index is 1100. The molecule has 0 saturated carbocycles. The Labute approximate surface area is 181 Å². The number of non-ortho nitro benzene ring substituents is 1. The van der Waals surface area contributed by atoms with Crippen molar-refractivity contribution in [2.45, 2.75) is 6.42 Å². The standard InChI is InChI=1S/C21H19FN4O4S/c22-15-3-1-14(2-4-15)11-17-13-23-21(31-17)24-20(27)18-12-16(26(28)29)5-6-19(18)25-7-9-30-10-8-25/h1-6,12-13H,7-11H2,(H,23,24,27). The van der Waals surface area contributed by atoms with Gasteiger partial charge in [0.05, 0.1) is 29.4 Å². The van der Waals surface area contributed by atoms with E-state index < -0.39 is 10.8 Å². The molecule has 3 aromatic rings. The third-order valence-corrected chi connectivity index (χ3v) is 5.77. The van der Waals surface area contributed by atoms with Crippen LogP contribution in [0.5, 0.6) is 0 Å². The highest BCUT2D eigenvalue weighted by Crippen LogP contribution is 2.28. The van der Waals surface area contributed by atoms with Crippen molar-refractivity contribution in [2.75, 3.05) is 36.5 Å². The Morgan fingerprint density at radius 3 is 2.68 bits per heavy atom. The zero-order valence-electron chi connectivity index (χ0n) is 16.4. The number of nitro groups is 1. The smallest absolute Gasteiger partial charge is 0.270 e. The van der Waals surface area contributed by atoms with Crippen LogP contribution in [0.25, 0.3) is 0 Å². The Kier molecular flexibility index (Phi) is 6.19. The van der Waals surface area contributed by atoms with Gasteiger partial charge in [0.1, 0.15) is 5.82 Å². The third-order valence-electron chi connectivity index (χ3n) is 4.85. The van der Waals surface area contributed by atoms with Crippen LogP contribution < -0.4 is 10.2 Å². The largest absolute Gasteiger partial charge is 0.378 e. The zero-order valence-corrected chi connectivity index (χ0v) is 17.2. The average molecular weight is 442 g/mol. The number of nitrogens with one attached hydrogen (secondary N) is 1. The lowest BCUT2D eigenvalue weighted by Crippen LogP contribution is -2.37. The third kappa shape index (κ3) is 5.04. The summed E-state index contributed by atoms with van der Waals surface area (Å²) in [7, 11) is 0. The Morgan fingerprint density at radius 2 is 1.97 bits per heavy atom. The molecule has 1 fully saturated rings. The SMILES string of the molecule is O=C(Nc1ncc(Cc2ccc(F)cc2)s1)c1cc([N+](=O)[O-])ccc1N1CCOCC1. The molecule has 0 radical (unpaired) electrons. The minimum absolute atomic E-state index is 0.154. The van der Waals surface area contributed by atoms with Crippen molar-refractivity contribution >= 4 is 33.8 Å². The van der Waals surface area contributed by atoms with Crippen molar-refractivity contribution in [2.24, 2.45) is 0 Å². The van der Waals surface area contributed by atoms with Gasteiger partial charge in [-0.25, -0.2) is 9.37 Å². The second-order valence-corrected chi connectivity index (χ2v) is 8.06. The lowest BCUT2D eigenvalue weighted by Gasteiger charge is -2.30. The van der Waals surface area contributed by atoms with Gasteiger partial charge in [-0.3, -0.25) is 20.2 Å². The highest BCUT2D eigenvalue weighted by molar-refractivity contribution is 7.15. The monoisotopic (exact) mass is 442 g/mol. The van der Waals surface area contributed by atoms with Gasteiger partial charge in [0, 0.05) is 42.7 Å². The first-order chi connectivity index (χ1) is 15.0. The van der Waals surface area contributed by atoms with E-state index in [1.165, 1.54) is 35.6 Å². The summed E-state index contributed by atoms with van der Waals surface area (Å²) >= 11 is 1.30. The lowest BCUT2D eigenvalue weighted by molar-refractivity contribution is -0.384. The summed E-state index contributed by atoms with van der Waals surface area (Å²) in [5.74, 6) is -0.762. The van der Waals surface area contributed by atoms with Gasteiger partial charge in [-0.1, -0.05) is 12.1 Å².